The molecule has 2 aromatic heterocycles. The third-order valence-electron chi connectivity index (χ3n) is 6.12. The van der Waals surface area contributed by atoms with Crippen molar-refractivity contribution in [3.63, 3.8) is 0 Å². The van der Waals surface area contributed by atoms with Crippen LogP contribution in [0.2, 0.25) is 0 Å². The SMILES string of the molecule is CC(C)C(NC(=O)c1cnc(-c2cccc(-c3nnc(C(=O)N[C@@H](C)C4CC4)[nH]3)c2)o1)C(=O)OC(C)(C)C. The van der Waals surface area contributed by atoms with Crippen molar-refractivity contribution in [3.05, 3.63) is 42.0 Å². The van der Waals surface area contributed by atoms with Gasteiger partial charge in [0.05, 0.1) is 6.20 Å². The average molecular weight is 523 g/mol. The third kappa shape index (κ3) is 6.64. The van der Waals surface area contributed by atoms with Crippen LogP contribution in [-0.2, 0) is 9.53 Å². The molecule has 2 amide bonds. The van der Waals surface area contributed by atoms with Crippen molar-refractivity contribution in [1.82, 2.24) is 30.8 Å². The number of oxazole rings is 1. The Hall–Kier alpha value is -4.02. The van der Waals surface area contributed by atoms with Crippen LogP contribution in [0.15, 0.2) is 34.9 Å². The minimum absolute atomic E-state index is 0.0389. The van der Waals surface area contributed by atoms with Crippen LogP contribution in [-0.4, -0.2) is 55.6 Å². The Bertz CT molecular complexity index is 1320. The van der Waals surface area contributed by atoms with E-state index in [9.17, 15) is 14.4 Å². The van der Waals surface area contributed by atoms with E-state index in [4.69, 9.17) is 9.15 Å². The molecule has 11 heteroatoms. The molecule has 0 spiro atoms. The Morgan fingerprint density at radius 2 is 1.76 bits per heavy atom. The molecular formula is C27H34N6O5. The lowest BCUT2D eigenvalue weighted by molar-refractivity contribution is -0.158. The number of carbonyl (C=O) groups excluding carboxylic acids is 3. The summed E-state index contributed by atoms with van der Waals surface area (Å²) in [5, 5.41) is 13.7. The summed E-state index contributed by atoms with van der Waals surface area (Å²) >= 11 is 0. The van der Waals surface area contributed by atoms with Crippen LogP contribution in [0.1, 0.15) is 75.6 Å². The van der Waals surface area contributed by atoms with E-state index in [0.717, 1.165) is 12.8 Å². The highest BCUT2D eigenvalue weighted by molar-refractivity contribution is 5.94. The summed E-state index contributed by atoms with van der Waals surface area (Å²) in [5.74, 6) is -0.331. The second-order valence-electron chi connectivity index (χ2n) is 11.0. The van der Waals surface area contributed by atoms with E-state index >= 15 is 0 Å². The largest absolute Gasteiger partial charge is 0.458 e. The number of carbonyl (C=O) groups is 3. The molecule has 38 heavy (non-hydrogen) atoms. The molecule has 1 fully saturated rings. The first-order valence-electron chi connectivity index (χ1n) is 12.7. The molecule has 3 aromatic rings. The van der Waals surface area contributed by atoms with Gasteiger partial charge in [0, 0.05) is 17.2 Å². The minimum atomic E-state index is -0.844. The van der Waals surface area contributed by atoms with Gasteiger partial charge >= 0.3 is 5.97 Å². The smallest absolute Gasteiger partial charge is 0.329 e. The summed E-state index contributed by atoms with van der Waals surface area (Å²) in [6.45, 7) is 10.9. The van der Waals surface area contributed by atoms with Crippen molar-refractivity contribution in [2.45, 2.75) is 72.1 Å². The highest BCUT2D eigenvalue weighted by Crippen LogP contribution is 2.32. The number of rotatable bonds is 9. The molecule has 3 N–H and O–H groups in total. The number of aromatic amines is 1. The summed E-state index contributed by atoms with van der Waals surface area (Å²) in [7, 11) is 0. The van der Waals surface area contributed by atoms with Gasteiger partial charge in [-0.3, -0.25) is 9.59 Å². The van der Waals surface area contributed by atoms with Gasteiger partial charge in [-0.25, -0.2) is 9.78 Å². The van der Waals surface area contributed by atoms with Gasteiger partial charge in [-0.2, -0.15) is 0 Å². The molecule has 2 heterocycles. The van der Waals surface area contributed by atoms with Crippen molar-refractivity contribution in [1.29, 1.82) is 0 Å². The Morgan fingerprint density at radius 1 is 1.05 bits per heavy atom. The molecule has 1 aliphatic carbocycles. The van der Waals surface area contributed by atoms with Crippen molar-refractivity contribution >= 4 is 17.8 Å². The van der Waals surface area contributed by atoms with E-state index in [-0.39, 0.29) is 35.3 Å². The zero-order valence-electron chi connectivity index (χ0n) is 22.5. The van der Waals surface area contributed by atoms with Gasteiger partial charge < -0.3 is 24.8 Å². The lowest BCUT2D eigenvalue weighted by Crippen LogP contribution is -2.47. The standard InChI is InChI=1S/C27H34N6O5/c1-14(2)20(26(36)38-27(4,5)6)30-23(34)19-13-28-25(37-19)18-9-7-8-17(12-18)21-31-22(33-32-21)24(35)29-15(3)16-10-11-16/h7-9,12-16,20H,10-11H2,1-6H3,(H,29,35)(H,30,34)(H,31,32,33)/t15-,20?/m0/s1. The number of benzene rings is 1. The van der Waals surface area contributed by atoms with Crippen LogP contribution in [0.3, 0.4) is 0 Å². The van der Waals surface area contributed by atoms with Gasteiger partial charge in [0.2, 0.25) is 17.5 Å². The van der Waals surface area contributed by atoms with Gasteiger partial charge in [-0.05, 0) is 64.5 Å². The Morgan fingerprint density at radius 3 is 2.42 bits per heavy atom. The van der Waals surface area contributed by atoms with Crippen LogP contribution in [0.5, 0.6) is 0 Å². The summed E-state index contributed by atoms with van der Waals surface area (Å²) in [4.78, 5) is 45.1. The normalized spacial score (nSPS) is 15.1. The summed E-state index contributed by atoms with van der Waals surface area (Å²) in [6, 6.07) is 6.38. The molecule has 202 valence electrons. The third-order valence-corrected chi connectivity index (χ3v) is 6.12. The van der Waals surface area contributed by atoms with E-state index in [1.54, 1.807) is 39.0 Å². The number of hydrogen-bond acceptors (Lipinski definition) is 8. The van der Waals surface area contributed by atoms with Crippen LogP contribution in [0.25, 0.3) is 22.8 Å². The lowest BCUT2D eigenvalue weighted by Gasteiger charge is -2.26. The fourth-order valence-electron chi connectivity index (χ4n) is 3.87. The Kier molecular flexibility index (Phi) is 7.66. The number of hydrogen-bond donors (Lipinski definition) is 3. The summed E-state index contributed by atoms with van der Waals surface area (Å²) < 4.78 is 11.2. The molecule has 1 aromatic carbocycles. The van der Waals surface area contributed by atoms with Crippen molar-refractivity contribution in [3.8, 4) is 22.8 Å². The maximum absolute atomic E-state index is 12.8. The van der Waals surface area contributed by atoms with E-state index in [0.29, 0.717) is 22.9 Å². The maximum Gasteiger partial charge on any atom is 0.329 e. The fourth-order valence-corrected chi connectivity index (χ4v) is 3.87. The first kappa shape index (κ1) is 27.0. The molecule has 2 atom stereocenters. The zero-order chi connectivity index (χ0) is 27.6. The van der Waals surface area contributed by atoms with Crippen LogP contribution >= 0.6 is 0 Å². The van der Waals surface area contributed by atoms with E-state index in [1.807, 2.05) is 26.8 Å². The van der Waals surface area contributed by atoms with Crippen LogP contribution in [0, 0.1) is 11.8 Å². The van der Waals surface area contributed by atoms with Gasteiger partial charge in [-0.15, -0.1) is 10.2 Å². The summed E-state index contributed by atoms with van der Waals surface area (Å²) in [6.07, 6.45) is 3.56. The molecule has 1 unspecified atom stereocenters. The van der Waals surface area contributed by atoms with Crippen molar-refractivity contribution in [2.24, 2.45) is 11.8 Å². The highest BCUT2D eigenvalue weighted by Gasteiger charge is 2.31. The van der Waals surface area contributed by atoms with Gasteiger partial charge in [-0.1, -0.05) is 26.0 Å². The molecule has 0 radical (unpaired) electrons. The van der Waals surface area contributed by atoms with Gasteiger partial charge in [0.15, 0.2) is 5.82 Å². The average Bonchev–Trinajstić information content (AvgIpc) is 3.37. The number of esters is 1. The van der Waals surface area contributed by atoms with Crippen molar-refractivity contribution < 1.29 is 23.5 Å². The van der Waals surface area contributed by atoms with Crippen LogP contribution in [0.4, 0.5) is 0 Å². The van der Waals surface area contributed by atoms with E-state index in [2.05, 4.69) is 30.8 Å². The van der Waals surface area contributed by atoms with Crippen molar-refractivity contribution in [2.75, 3.05) is 0 Å². The topological polar surface area (TPSA) is 152 Å². The number of ether oxygens (including phenoxy) is 1. The first-order valence-corrected chi connectivity index (χ1v) is 12.7. The number of nitrogens with zero attached hydrogens (tertiary/aromatic N) is 3. The molecule has 1 saturated carbocycles. The van der Waals surface area contributed by atoms with Gasteiger partial charge in [0.1, 0.15) is 11.6 Å². The number of aromatic nitrogens is 4. The first-order chi connectivity index (χ1) is 17.9. The number of nitrogens with one attached hydrogen (secondary N) is 3. The maximum atomic E-state index is 12.8. The van der Waals surface area contributed by atoms with E-state index < -0.39 is 23.5 Å². The Labute approximate surface area is 221 Å². The highest BCUT2D eigenvalue weighted by atomic mass is 16.6. The number of amides is 2. The van der Waals surface area contributed by atoms with Gasteiger partial charge in [0.25, 0.3) is 11.8 Å². The summed E-state index contributed by atoms with van der Waals surface area (Å²) in [5.41, 5.74) is 0.583. The van der Waals surface area contributed by atoms with Crippen LogP contribution < -0.4 is 10.6 Å². The monoisotopic (exact) mass is 522 g/mol. The molecule has 0 saturated heterocycles. The number of H-pyrrole nitrogens is 1. The predicted molar refractivity (Wildman–Crippen MR) is 139 cm³/mol. The molecular weight excluding hydrogens is 488 g/mol. The molecule has 1 aliphatic rings. The molecule has 0 aliphatic heterocycles. The molecule has 11 nitrogen and oxygen atoms in total. The lowest BCUT2D eigenvalue weighted by atomic mass is 10.0. The predicted octanol–water partition coefficient (Wildman–Crippen LogP) is 3.75. The second-order valence-corrected chi connectivity index (χ2v) is 11.0. The second kappa shape index (κ2) is 10.8. The molecule has 0 bridgehead atoms. The van der Waals surface area contributed by atoms with E-state index in [1.165, 1.54) is 6.20 Å². The quantitative estimate of drug-likeness (QED) is 0.359. The minimum Gasteiger partial charge on any atom is -0.458 e. The fraction of sp³-hybridized carbons (Fsp3) is 0.481. The Balaban J connectivity index is 1.45. The molecule has 4 rings (SSSR count). The zero-order valence-corrected chi connectivity index (χ0v) is 22.5.